The zero-order valence-electron chi connectivity index (χ0n) is 13.6. The number of thiophene rings is 1. The van der Waals surface area contributed by atoms with Gasteiger partial charge in [0.05, 0.1) is 16.6 Å². The lowest BCUT2D eigenvalue weighted by molar-refractivity contribution is 0.0941. The Kier molecular flexibility index (Phi) is 5.34. The maximum atomic E-state index is 12.4. The molecule has 0 aliphatic rings. The summed E-state index contributed by atoms with van der Waals surface area (Å²) in [6.07, 6.45) is 5.94. The fraction of sp³-hybridized carbons (Fsp3) is 0.562. The van der Waals surface area contributed by atoms with Gasteiger partial charge < -0.3 is 9.88 Å². The molecule has 6 heteroatoms. The fourth-order valence-electron chi connectivity index (χ4n) is 2.49. The molecule has 120 valence electrons. The van der Waals surface area contributed by atoms with Crippen molar-refractivity contribution in [3.63, 3.8) is 0 Å². The molecule has 0 saturated heterocycles. The summed E-state index contributed by atoms with van der Waals surface area (Å²) in [7, 11) is 1.67. The van der Waals surface area contributed by atoms with E-state index >= 15 is 0 Å². The molecular weight excluding hydrogens is 298 g/mol. The number of carbonyl (C=O) groups is 1. The second-order valence-electron chi connectivity index (χ2n) is 5.77. The van der Waals surface area contributed by atoms with Crippen LogP contribution in [-0.4, -0.2) is 21.5 Å². The predicted molar refractivity (Wildman–Crippen MR) is 90.7 cm³/mol. The molecule has 0 aromatic carbocycles. The number of hydrogen-bond donors (Lipinski definition) is 1. The van der Waals surface area contributed by atoms with E-state index in [1.807, 2.05) is 13.8 Å². The molecule has 1 atom stereocenters. The first-order valence-corrected chi connectivity index (χ1v) is 8.53. The molecule has 0 saturated carbocycles. The summed E-state index contributed by atoms with van der Waals surface area (Å²) in [6.45, 7) is 6.00. The minimum Gasteiger partial charge on any atom is -0.349 e. The predicted octanol–water partition coefficient (Wildman–Crippen LogP) is 3.00. The smallest absolute Gasteiger partial charge is 0.262 e. The Hall–Kier alpha value is -1.69. The number of carbonyl (C=O) groups excluding carboxylic acids is 1. The van der Waals surface area contributed by atoms with Crippen molar-refractivity contribution in [3.05, 3.63) is 27.1 Å². The molecule has 0 aliphatic heterocycles. The van der Waals surface area contributed by atoms with E-state index in [9.17, 15) is 9.59 Å². The molecule has 2 aromatic heterocycles. The van der Waals surface area contributed by atoms with Crippen molar-refractivity contribution < 1.29 is 4.79 Å². The van der Waals surface area contributed by atoms with Gasteiger partial charge in [-0.1, -0.05) is 26.2 Å². The summed E-state index contributed by atoms with van der Waals surface area (Å²) >= 11 is 1.29. The van der Waals surface area contributed by atoms with E-state index in [1.165, 1.54) is 35.1 Å². The fourth-order valence-corrected chi connectivity index (χ4v) is 3.53. The lowest BCUT2D eigenvalue weighted by Gasteiger charge is -2.13. The number of amides is 1. The summed E-state index contributed by atoms with van der Waals surface area (Å²) in [5.74, 6) is -0.105. The van der Waals surface area contributed by atoms with Gasteiger partial charge in [-0.05, 0) is 25.8 Å². The van der Waals surface area contributed by atoms with E-state index in [0.29, 0.717) is 15.1 Å². The second kappa shape index (κ2) is 7.05. The van der Waals surface area contributed by atoms with Crippen LogP contribution in [0.3, 0.4) is 0 Å². The normalized spacial score (nSPS) is 12.5. The van der Waals surface area contributed by atoms with Crippen LogP contribution in [0, 0.1) is 6.92 Å². The molecule has 0 fully saturated rings. The van der Waals surface area contributed by atoms with Crippen molar-refractivity contribution in [2.75, 3.05) is 0 Å². The van der Waals surface area contributed by atoms with Gasteiger partial charge in [-0.15, -0.1) is 11.3 Å². The number of nitrogens with zero attached hydrogens (tertiary/aromatic N) is 2. The molecule has 2 aromatic rings. The zero-order chi connectivity index (χ0) is 16.3. The third-order valence-corrected chi connectivity index (χ3v) is 5.03. The molecular formula is C16H23N3O2S. The Balaban J connectivity index is 2.20. The first-order valence-electron chi connectivity index (χ1n) is 7.71. The van der Waals surface area contributed by atoms with Crippen molar-refractivity contribution in [3.8, 4) is 0 Å². The van der Waals surface area contributed by atoms with Crippen molar-refractivity contribution in [1.29, 1.82) is 0 Å². The van der Waals surface area contributed by atoms with Gasteiger partial charge in [-0.3, -0.25) is 9.59 Å². The Labute approximate surface area is 134 Å². The lowest BCUT2D eigenvalue weighted by atomic mass is 10.1. The SMILES string of the molecule is CCCCCC(C)NC(=O)c1sc2ncn(C)c(=O)c2c1C. The number of fused-ring (bicyclic) bond motifs is 1. The number of aryl methyl sites for hydroxylation is 2. The molecule has 0 aliphatic carbocycles. The standard InChI is InChI=1S/C16H23N3O2S/c1-5-6-7-8-10(2)18-14(20)13-11(3)12-15(22-13)17-9-19(4)16(12)21/h9-10H,5-8H2,1-4H3,(H,18,20). The van der Waals surface area contributed by atoms with E-state index < -0.39 is 0 Å². The highest BCUT2D eigenvalue weighted by molar-refractivity contribution is 7.20. The Morgan fingerprint density at radius 2 is 2.18 bits per heavy atom. The maximum Gasteiger partial charge on any atom is 0.262 e. The van der Waals surface area contributed by atoms with Crippen LogP contribution in [0.25, 0.3) is 10.2 Å². The minimum absolute atomic E-state index is 0.103. The number of nitrogens with one attached hydrogen (secondary N) is 1. The summed E-state index contributed by atoms with van der Waals surface area (Å²) in [5.41, 5.74) is 0.626. The molecule has 0 bridgehead atoms. The first kappa shape index (κ1) is 16.7. The van der Waals surface area contributed by atoms with Crippen LogP contribution in [-0.2, 0) is 7.05 Å². The molecule has 1 N–H and O–H groups in total. The van der Waals surface area contributed by atoms with Crippen molar-refractivity contribution in [2.24, 2.45) is 7.05 Å². The Morgan fingerprint density at radius 1 is 1.45 bits per heavy atom. The summed E-state index contributed by atoms with van der Waals surface area (Å²) in [4.78, 5) is 30.1. The molecule has 2 heterocycles. The van der Waals surface area contributed by atoms with Crippen LogP contribution in [0.15, 0.2) is 11.1 Å². The van der Waals surface area contributed by atoms with Gasteiger partial charge in [0.25, 0.3) is 11.5 Å². The van der Waals surface area contributed by atoms with E-state index in [0.717, 1.165) is 18.4 Å². The third-order valence-electron chi connectivity index (χ3n) is 3.84. The van der Waals surface area contributed by atoms with Crippen molar-refractivity contribution in [2.45, 2.75) is 52.5 Å². The van der Waals surface area contributed by atoms with Gasteiger partial charge in [-0.25, -0.2) is 4.98 Å². The van der Waals surface area contributed by atoms with Gasteiger partial charge in [0.15, 0.2) is 0 Å². The van der Waals surface area contributed by atoms with Crippen LogP contribution >= 0.6 is 11.3 Å². The van der Waals surface area contributed by atoms with E-state index in [4.69, 9.17) is 0 Å². The average Bonchev–Trinajstić information content (AvgIpc) is 2.81. The largest absolute Gasteiger partial charge is 0.349 e. The molecule has 0 radical (unpaired) electrons. The molecule has 1 amide bonds. The number of unbranched alkanes of at least 4 members (excludes halogenated alkanes) is 2. The molecule has 0 spiro atoms. The van der Waals surface area contributed by atoms with Gasteiger partial charge in [-0.2, -0.15) is 0 Å². The number of hydrogen-bond acceptors (Lipinski definition) is 4. The third kappa shape index (κ3) is 3.38. The molecule has 22 heavy (non-hydrogen) atoms. The quantitative estimate of drug-likeness (QED) is 0.832. The highest BCUT2D eigenvalue weighted by atomic mass is 32.1. The molecule has 5 nitrogen and oxygen atoms in total. The van der Waals surface area contributed by atoms with Gasteiger partial charge in [0, 0.05) is 13.1 Å². The highest BCUT2D eigenvalue weighted by Gasteiger charge is 2.19. The number of rotatable bonds is 6. The summed E-state index contributed by atoms with van der Waals surface area (Å²) in [6, 6.07) is 0.138. The van der Waals surface area contributed by atoms with E-state index in [1.54, 1.807) is 7.05 Å². The van der Waals surface area contributed by atoms with Crippen LogP contribution in [0.2, 0.25) is 0 Å². The lowest BCUT2D eigenvalue weighted by Crippen LogP contribution is -2.32. The molecule has 2 rings (SSSR count). The van der Waals surface area contributed by atoms with Gasteiger partial charge in [0.1, 0.15) is 4.83 Å². The van der Waals surface area contributed by atoms with Crippen LogP contribution in [0.5, 0.6) is 0 Å². The Bertz CT molecular complexity index is 733. The summed E-state index contributed by atoms with van der Waals surface area (Å²) < 4.78 is 1.44. The summed E-state index contributed by atoms with van der Waals surface area (Å²) in [5, 5.41) is 3.58. The van der Waals surface area contributed by atoms with Gasteiger partial charge >= 0.3 is 0 Å². The van der Waals surface area contributed by atoms with E-state index in [-0.39, 0.29) is 17.5 Å². The number of aromatic nitrogens is 2. The van der Waals surface area contributed by atoms with E-state index in [2.05, 4.69) is 17.2 Å². The minimum atomic E-state index is -0.105. The second-order valence-corrected chi connectivity index (χ2v) is 6.77. The van der Waals surface area contributed by atoms with Crippen LogP contribution in [0.4, 0.5) is 0 Å². The maximum absolute atomic E-state index is 12.4. The Morgan fingerprint density at radius 3 is 2.86 bits per heavy atom. The topological polar surface area (TPSA) is 64.0 Å². The van der Waals surface area contributed by atoms with Crippen LogP contribution in [0.1, 0.15) is 54.8 Å². The van der Waals surface area contributed by atoms with Gasteiger partial charge in [0.2, 0.25) is 0 Å². The average molecular weight is 321 g/mol. The van der Waals surface area contributed by atoms with Crippen LogP contribution < -0.4 is 10.9 Å². The molecule has 1 unspecified atom stereocenters. The monoisotopic (exact) mass is 321 g/mol. The van der Waals surface area contributed by atoms with Crippen molar-refractivity contribution in [1.82, 2.24) is 14.9 Å². The first-order chi connectivity index (χ1) is 10.5. The highest BCUT2D eigenvalue weighted by Crippen LogP contribution is 2.26. The van der Waals surface area contributed by atoms with Crippen molar-refractivity contribution >= 4 is 27.5 Å². The zero-order valence-corrected chi connectivity index (χ0v) is 14.4.